The molecule has 0 spiro atoms. The third-order valence-corrected chi connectivity index (χ3v) is 6.00. The minimum Gasteiger partial charge on any atom is -0.387 e. The molecule has 0 aliphatic carbocycles. The first-order valence-electron chi connectivity index (χ1n) is 9.42. The van der Waals surface area contributed by atoms with Crippen molar-refractivity contribution < 1.29 is 9.84 Å². The zero-order valence-corrected chi connectivity index (χ0v) is 17.4. The molecule has 1 aromatic carbocycles. The summed E-state index contributed by atoms with van der Waals surface area (Å²) in [4.78, 5) is 24.1. The summed E-state index contributed by atoms with van der Waals surface area (Å²) in [7, 11) is 1.68. The van der Waals surface area contributed by atoms with Crippen LogP contribution in [0.2, 0.25) is 0 Å². The van der Waals surface area contributed by atoms with Crippen molar-refractivity contribution >= 4 is 21.6 Å². The minimum absolute atomic E-state index is 0.0951. The summed E-state index contributed by atoms with van der Waals surface area (Å²) in [6, 6.07) is 9.61. The molecule has 0 saturated carbocycles. The Kier molecular flexibility index (Phi) is 6.96. The molecule has 2 heterocycles. The highest BCUT2D eigenvalue weighted by Crippen LogP contribution is 2.26. The van der Waals surface area contributed by atoms with Gasteiger partial charge in [0.25, 0.3) is 5.56 Å². The number of H-pyrrole nitrogens is 1. The smallest absolute Gasteiger partial charge is 0.259 e. The van der Waals surface area contributed by atoms with Crippen LogP contribution < -0.4 is 5.56 Å². The molecule has 0 radical (unpaired) electrons. The van der Waals surface area contributed by atoms with Gasteiger partial charge in [0.1, 0.15) is 10.7 Å². The van der Waals surface area contributed by atoms with Crippen molar-refractivity contribution in [3.05, 3.63) is 62.5 Å². The lowest BCUT2D eigenvalue weighted by atomic mass is 10.1. The molecule has 0 aliphatic heterocycles. The Labute approximate surface area is 168 Å². The molecule has 28 heavy (non-hydrogen) atoms. The number of ether oxygens (including phenoxy) is 1. The summed E-state index contributed by atoms with van der Waals surface area (Å²) in [6.07, 6.45) is 0.229. The molecule has 0 amide bonds. The summed E-state index contributed by atoms with van der Waals surface area (Å²) >= 11 is 1.55. The average molecular weight is 402 g/mol. The van der Waals surface area contributed by atoms with Gasteiger partial charge in [-0.25, -0.2) is 4.98 Å². The highest BCUT2D eigenvalue weighted by Gasteiger charge is 2.17. The van der Waals surface area contributed by atoms with Gasteiger partial charge in [-0.3, -0.25) is 9.69 Å². The molecular weight excluding hydrogens is 374 g/mol. The number of aliphatic hydroxyl groups is 1. The van der Waals surface area contributed by atoms with Gasteiger partial charge in [-0.05, 0) is 31.4 Å². The SMILES string of the molecule is COCCCN(Cc1nc2sc(C)c(C)c2c(=O)[nH]1)CC(O)c1ccccc1. The van der Waals surface area contributed by atoms with Crippen LogP contribution in [-0.4, -0.2) is 46.8 Å². The van der Waals surface area contributed by atoms with Crippen molar-refractivity contribution in [2.45, 2.75) is 32.9 Å². The van der Waals surface area contributed by atoms with E-state index in [9.17, 15) is 9.90 Å². The van der Waals surface area contributed by atoms with Crippen LogP contribution in [0, 0.1) is 13.8 Å². The molecule has 150 valence electrons. The zero-order valence-electron chi connectivity index (χ0n) is 16.6. The molecule has 1 unspecified atom stereocenters. The van der Waals surface area contributed by atoms with E-state index in [4.69, 9.17) is 4.74 Å². The molecule has 2 aromatic heterocycles. The van der Waals surface area contributed by atoms with E-state index in [1.807, 2.05) is 44.2 Å². The van der Waals surface area contributed by atoms with Gasteiger partial charge in [-0.1, -0.05) is 30.3 Å². The van der Waals surface area contributed by atoms with Crippen molar-refractivity contribution in [1.82, 2.24) is 14.9 Å². The van der Waals surface area contributed by atoms with Crippen LogP contribution in [0.25, 0.3) is 10.2 Å². The van der Waals surface area contributed by atoms with Crippen LogP contribution >= 0.6 is 11.3 Å². The van der Waals surface area contributed by atoms with E-state index >= 15 is 0 Å². The second-order valence-electron chi connectivity index (χ2n) is 6.98. The van der Waals surface area contributed by atoms with E-state index in [0.29, 0.717) is 30.9 Å². The maximum absolute atomic E-state index is 12.5. The first-order chi connectivity index (χ1) is 13.5. The van der Waals surface area contributed by atoms with E-state index in [1.54, 1.807) is 18.4 Å². The lowest BCUT2D eigenvalue weighted by Crippen LogP contribution is -2.31. The third kappa shape index (κ3) is 4.86. The Bertz CT molecular complexity index is 968. The van der Waals surface area contributed by atoms with E-state index in [1.165, 1.54) is 0 Å². The predicted molar refractivity (Wildman–Crippen MR) is 113 cm³/mol. The lowest BCUT2D eigenvalue weighted by molar-refractivity contribution is 0.0981. The van der Waals surface area contributed by atoms with Gasteiger partial charge < -0.3 is 14.8 Å². The Morgan fingerprint density at radius 3 is 2.75 bits per heavy atom. The Balaban J connectivity index is 1.80. The van der Waals surface area contributed by atoms with Gasteiger partial charge in [0, 0.05) is 31.7 Å². The van der Waals surface area contributed by atoms with Crippen molar-refractivity contribution in [2.75, 3.05) is 26.8 Å². The van der Waals surface area contributed by atoms with Crippen molar-refractivity contribution in [3.8, 4) is 0 Å². The number of hydrogen-bond acceptors (Lipinski definition) is 6. The van der Waals surface area contributed by atoms with E-state index in [2.05, 4.69) is 14.9 Å². The summed E-state index contributed by atoms with van der Waals surface area (Å²) in [5, 5.41) is 11.3. The molecule has 0 bridgehead atoms. The monoisotopic (exact) mass is 401 g/mol. The molecule has 0 aliphatic rings. The quantitative estimate of drug-likeness (QED) is 0.539. The van der Waals surface area contributed by atoms with E-state index in [-0.39, 0.29) is 5.56 Å². The highest BCUT2D eigenvalue weighted by molar-refractivity contribution is 7.18. The maximum Gasteiger partial charge on any atom is 0.259 e. The number of aliphatic hydroxyl groups excluding tert-OH is 1. The van der Waals surface area contributed by atoms with Crippen LogP contribution in [-0.2, 0) is 11.3 Å². The molecule has 3 aromatic rings. The Morgan fingerprint density at radius 1 is 1.29 bits per heavy atom. The lowest BCUT2D eigenvalue weighted by Gasteiger charge is -2.24. The van der Waals surface area contributed by atoms with Crippen LogP contribution in [0.5, 0.6) is 0 Å². The number of aromatic nitrogens is 2. The standard InChI is InChI=1S/C21H27N3O3S/c1-14-15(2)28-21-19(14)20(26)22-18(23-21)13-24(10-7-11-27-3)12-17(25)16-8-5-4-6-9-16/h4-6,8-9,17,25H,7,10-13H2,1-3H3,(H,22,23,26). The first-order valence-corrected chi connectivity index (χ1v) is 10.2. The van der Waals surface area contributed by atoms with E-state index in [0.717, 1.165) is 33.8 Å². The van der Waals surface area contributed by atoms with Crippen molar-refractivity contribution in [1.29, 1.82) is 0 Å². The number of fused-ring (bicyclic) bond motifs is 1. The van der Waals surface area contributed by atoms with E-state index < -0.39 is 6.10 Å². The molecule has 6 nitrogen and oxygen atoms in total. The fourth-order valence-corrected chi connectivity index (χ4v) is 4.33. The number of aromatic amines is 1. The molecule has 3 rings (SSSR count). The van der Waals surface area contributed by atoms with Crippen LogP contribution in [0.4, 0.5) is 0 Å². The fraction of sp³-hybridized carbons (Fsp3) is 0.429. The van der Waals surface area contributed by atoms with Crippen molar-refractivity contribution in [2.24, 2.45) is 0 Å². The molecule has 1 atom stereocenters. The van der Waals surface area contributed by atoms with Gasteiger partial charge in [0.2, 0.25) is 0 Å². The number of nitrogens with zero attached hydrogens (tertiary/aromatic N) is 2. The number of benzene rings is 1. The number of methoxy groups -OCH3 is 1. The summed E-state index contributed by atoms with van der Waals surface area (Å²) in [5.41, 5.74) is 1.78. The minimum atomic E-state index is -0.606. The molecule has 2 N–H and O–H groups in total. The van der Waals surface area contributed by atoms with Crippen LogP contribution in [0.3, 0.4) is 0 Å². The molecule has 0 fully saturated rings. The van der Waals surface area contributed by atoms with Crippen molar-refractivity contribution in [3.63, 3.8) is 0 Å². The fourth-order valence-electron chi connectivity index (χ4n) is 3.28. The van der Waals surface area contributed by atoms with Crippen LogP contribution in [0.15, 0.2) is 35.1 Å². The summed E-state index contributed by atoms with van der Waals surface area (Å²) < 4.78 is 5.16. The predicted octanol–water partition coefficient (Wildman–Crippen LogP) is 3.17. The van der Waals surface area contributed by atoms with Crippen LogP contribution in [0.1, 0.15) is 34.4 Å². The Hall–Kier alpha value is -2.06. The topological polar surface area (TPSA) is 78.5 Å². The highest BCUT2D eigenvalue weighted by atomic mass is 32.1. The normalized spacial score (nSPS) is 12.8. The second kappa shape index (κ2) is 9.43. The number of thiophene rings is 1. The third-order valence-electron chi connectivity index (χ3n) is 4.90. The number of hydrogen-bond donors (Lipinski definition) is 2. The summed E-state index contributed by atoms with van der Waals surface area (Å²) in [5.74, 6) is 0.622. The summed E-state index contributed by atoms with van der Waals surface area (Å²) in [6.45, 7) is 6.27. The molecule has 0 saturated heterocycles. The molecular formula is C21H27N3O3S. The molecule has 7 heteroatoms. The van der Waals surface area contributed by atoms with Gasteiger partial charge >= 0.3 is 0 Å². The maximum atomic E-state index is 12.5. The first kappa shape index (κ1) is 20.7. The number of rotatable bonds is 9. The number of nitrogens with one attached hydrogen (secondary N) is 1. The van der Waals surface area contributed by atoms with Gasteiger partial charge in [-0.2, -0.15) is 0 Å². The second-order valence-corrected chi connectivity index (χ2v) is 8.19. The Morgan fingerprint density at radius 2 is 2.04 bits per heavy atom. The number of aryl methyl sites for hydroxylation is 2. The zero-order chi connectivity index (χ0) is 20.1. The van der Waals surface area contributed by atoms with Gasteiger partial charge in [-0.15, -0.1) is 11.3 Å². The average Bonchev–Trinajstić information content (AvgIpc) is 2.96. The van der Waals surface area contributed by atoms with Gasteiger partial charge in [0.05, 0.1) is 18.0 Å². The van der Waals surface area contributed by atoms with Gasteiger partial charge in [0.15, 0.2) is 0 Å². The largest absolute Gasteiger partial charge is 0.387 e.